The van der Waals surface area contributed by atoms with E-state index in [1.165, 1.54) is 0 Å². The first-order chi connectivity index (χ1) is 19.4. The minimum absolute atomic E-state index is 0.0752. The summed E-state index contributed by atoms with van der Waals surface area (Å²) >= 11 is 0. The number of phenolic OH excluding ortho intramolecular Hbond substituents is 1. The predicted molar refractivity (Wildman–Crippen MR) is 141 cm³/mol. The molecule has 0 bridgehead atoms. The molecule has 0 saturated heterocycles. The topological polar surface area (TPSA) is 329 Å². The van der Waals surface area contributed by atoms with Crippen molar-refractivity contribution in [2.75, 3.05) is 45.0 Å². The number of carboxylic acid groups (broad SMARTS) is 6. The van der Waals surface area contributed by atoms with E-state index in [9.17, 15) is 44.1 Å². The normalized spacial score (nSPS) is 14.2. The fourth-order valence-corrected chi connectivity index (χ4v) is 4.40. The van der Waals surface area contributed by atoms with Crippen LogP contribution in [-0.2, 0) is 28.8 Å². The molecule has 18 nitrogen and oxygen atoms in total. The zero-order valence-electron chi connectivity index (χ0n) is 22.3. The van der Waals surface area contributed by atoms with Gasteiger partial charge in [0.2, 0.25) is 0 Å². The standard InChI is InChI=1S/C24H35N5O13/c25-11-5-14(20(26)12(23(39)40)1-3-28(7-16(30)31)8-17(32)33)22(38)15(6-11)21(27)13(24(41)42)2-4-29(9-18(34)35)10-19(36)37/h5-6,12-13,20-21,38H,1-4,7-10,25-27H2,(H,30,31)(H,32,33)(H,34,35)(H,36,37)(H,39,40)(H,41,42). The van der Waals surface area contributed by atoms with Gasteiger partial charge in [-0.15, -0.1) is 0 Å². The van der Waals surface area contributed by atoms with Gasteiger partial charge in [0, 0.05) is 42.0 Å². The summed E-state index contributed by atoms with van der Waals surface area (Å²) in [5, 5.41) is 66.6. The highest BCUT2D eigenvalue weighted by Crippen LogP contribution is 2.39. The highest BCUT2D eigenvalue weighted by molar-refractivity contribution is 5.75. The SMILES string of the molecule is Nc1cc(C(N)C(CCN(CC(=O)O)CC(=O)O)C(=O)O)c(O)c(C(N)C(CCN(CC(=O)O)CC(=O)O)C(=O)O)c1. The Bertz CT molecular complexity index is 1060. The van der Waals surface area contributed by atoms with E-state index >= 15 is 0 Å². The molecule has 4 atom stereocenters. The van der Waals surface area contributed by atoms with E-state index in [0.717, 1.165) is 21.9 Å². The van der Waals surface area contributed by atoms with Gasteiger partial charge in [0.25, 0.3) is 0 Å². The van der Waals surface area contributed by atoms with E-state index in [2.05, 4.69) is 0 Å². The average molecular weight is 602 g/mol. The highest BCUT2D eigenvalue weighted by Gasteiger charge is 2.34. The van der Waals surface area contributed by atoms with Crippen molar-refractivity contribution in [1.29, 1.82) is 0 Å². The molecule has 42 heavy (non-hydrogen) atoms. The Morgan fingerprint density at radius 1 is 0.619 bits per heavy atom. The first-order valence-corrected chi connectivity index (χ1v) is 12.3. The van der Waals surface area contributed by atoms with E-state index in [1.54, 1.807) is 0 Å². The van der Waals surface area contributed by atoms with Gasteiger partial charge in [-0.05, 0) is 25.0 Å². The number of nitrogens with zero attached hydrogens (tertiary/aromatic N) is 2. The van der Waals surface area contributed by atoms with Crippen molar-refractivity contribution in [3.63, 3.8) is 0 Å². The number of nitrogens with two attached hydrogens (primary N) is 3. The van der Waals surface area contributed by atoms with E-state index in [4.69, 9.17) is 37.6 Å². The van der Waals surface area contributed by atoms with Crippen molar-refractivity contribution in [1.82, 2.24) is 9.80 Å². The number of aromatic hydroxyl groups is 1. The quantitative estimate of drug-likeness (QED) is 0.0576. The van der Waals surface area contributed by atoms with Gasteiger partial charge in [-0.2, -0.15) is 0 Å². The summed E-state index contributed by atoms with van der Waals surface area (Å²) in [5.41, 5.74) is 17.7. The number of nitrogen functional groups attached to an aromatic ring is 1. The molecule has 0 aliphatic heterocycles. The minimum Gasteiger partial charge on any atom is -0.507 e. The molecule has 1 aromatic carbocycles. The highest BCUT2D eigenvalue weighted by atomic mass is 16.4. The first-order valence-electron chi connectivity index (χ1n) is 12.3. The Morgan fingerprint density at radius 3 is 1.14 bits per heavy atom. The van der Waals surface area contributed by atoms with Crippen molar-refractivity contribution in [2.45, 2.75) is 24.9 Å². The van der Waals surface area contributed by atoms with E-state index in [-0.39, 0.29) is 42.7 Å². The summed E-state index contributed by atoms with van der Waals surface area (Å²) in [6, 6.07) is -0.678. The number of carboxylic acids is 6. The van der Waals surface area contributed by atoms with Crippen LogP contribution in [0.1, 0.15) is 36.1 Å². The van der Waals surface area contributed by atoms with E-state index in [1.807, 2.05) is 0 Å². The Hall–Kier alpha value is -4.52. The summed E-state index contributed by atoms with van der Waals surface area (Å²) in [6.07, 6.45) is -0.680. The molecule has 0 aliphatic carbocycles. The van der Waals surface area contributed by atoms with Crippen LogP contribution in [0, 0.1) is 11.8 Å². The molecule has 0 saturated carbocycles. The monoisotopic (exact) mass is 601 g/mol. The van der Waals surface area contributed by atoms with E-state index < -0.39 is 91.7 Å². The van der Waals surface area contributed by atoms with Gasteiger partial charge < -0.3 is 52.9 Å². The van der Waals surface area contributed by atoms with Gasteiger partial charge in [-0.3, -0.25) is 38.6 Å². The van der Waals surface area contributed by atoms with Crippen molar-refractivity contribution in [2.24, 2.45) is 23.3 Å². The molecule has 0 spiro atoms. The molecule has 1 rings (SSSR count). The van der Waals surface area contributed by atoms with Gasteiger partial charge in [0.05, 0.1) is 38.0 Å². The molecule has 1 aromatic rings. The van der Waals surface area contributed by atoms with Crippen molar-refractivity contribution >= 4 is 41.5 Å². The molecule has 0 aliphatic rings. The lowest BCUT2D eigenvalue weighted by Gasteiger charge is -2.28. The number of benzene rings is 1. The molecule has 0 fully saturated rings. The number of carbonyl (C=O) groups is 6. The molecular weight excluding hydrogens is 566 g/mol. The molecule has 18 heteroatoms. The van der Waals surface area contributed by atoms with Crippen molar-refractivity contribution < 1.29 is 64.5 Å². The zero-order valence-corrected chi connectivity index (χ0v) is 22.3. The second kappa shape index (κ2) is 16.1. The summed E-state index contributed by atoms with van der Waals surface area (Å²) in [7, 11) is 0. The third kappa shape index (κ3) is 11.2. The molecule has 0 aromatic heterocycles. The number of anilines is 1. The number of aliphatic carboxylic acids is 6. The number of hydrogen-bond acceptors (Lipinski definition) is 12. The summed E-state index contributed by atoms with van der Waals surface area (Å²) in [4.78, 5) is 70.3. The molecular formula is C24H35N5O13. The maximum Gasteiger partial charge on any atom is 0.317 e. The van der Waals surface area contributed by atoms with Crippen LogP contribution in [-0.4, -0.2) is 121 Å². The largest absolute Gasteiger partial charge is 0.507 e. The maximum atomic E-state index is 12.1. The minimum atomic E-state index is -1.49. The van der Waals surface area contributed by atoms with Crippen LogP contribution >= 0.6 is 0 Å². The number of phenols is 1. The lowest BCUT2D eigenvalue weighted by atomic mass is 9.85. The molecule has 4 unspecified atom stereocenters. The smallest absolute Gasteiger partial charge is 0.317 e. The second-order valence-corrected chi connectivity index (χ2v) is 9.56. The Labute approximate surface area is 238 Å². The Morgan fingerprint density at radius 2 is 0.905 bits per heavy atom. The van der Waals surface area contributed by atoms with Crippen LogP contribution in [0.25, 0.3) is 0 Å². The third-order valence-electron chi connectivity index (χ3n) is 6.36. The van der Waals surface area contributed by atoms with Crippen molar-refractivity contribution in [3.8, 4) is 5.75 Å². The van der Waals surface area contributed by atoms with Gasteiger partial charge in [0.1, 0.15) is 5.75 Å². The number of rotatable bonds is 20. The average Bonchev–Trinajstić information content (AvgIpc) is 2.83. The van der Waals surface area contributed by atoms with Gasteiger partial charge >= 0.3 is 35.8 Å². The number of hydrogen-bond donors (Lipinski definition) is 10. The fourth-order valence-electron chi connectivity index (χ4n) is 4.40. The first kappa shape index (κ1) is 35.5. The van der Waals surface area contributed by atoms with Crippen LogP contribution in [0.5, 0.6) is 5.75 Å². The lowest BCUT2D eigenvalue weighted by molar-refractivity contribution is -0.145. The molecule has 0 heterocycles. The van der Waals surface area contributed by atoms with Crippen LogP contribution in [0.2, 0.25) is 0 Å². The van der Waals surface area contributed by atoms with Crippen LogP contribution in [0.3, 0.4) is 0 Å². The van der Waals surface area contributed by atoms with Gasteiger partial charge in [0.15, 0.2) is 0 Å². The third-order valence-corrected chi connectivity index (χ3v) is 6.36. The van der Waals surface area contributed by atoms with Crippen molar-refractivity contribution in [3.05, 3.63) is 23.3 Å². The zero-order chi connectivity index (χ0) is 32.3. The molecule has 0 radical (unpaired) electrons. The summed E-state index contributed by atoms with van der Waals surface area (Å²) in [5.74, 6) is -11.9. The molecule has 0 amide bonds. The van der Waals surface area contributed by atoms with Gasteiger partial charge in [-0.1, -0.05) is 0 Å². The second-order valence-electron chi connectivity index (χ2n) is 9.56. The van der Waals surface area contributed by atoms with Crippen LogP contribution < -0.4 is 17.2 Å². The van der Waals surface area contributed by atoms with Gasteiger partial charge in [-0.25, -0.2) is 0 Å². The summed E-state index contributed by atoms with van der Waals surface area (Å²) < 4.78 is 0. The van der Waals surface area contributed by atoms with E-state index in [0.29, 0.717) is 0 Å². The fraction of sp³-hybridized carbons (Fsp3) is 0.500. The Kier molecular flexibility index (Phi) is 13.6. The Balaban J connectivity index is 3.32. The molecule has 234 valence electrons. The van der Waals surface area contributed by atoms with Crippen LogP contribution in [0.15, 0.2) is 12.1 Å². The summed E-state index contributed by atoms with van der Waals surface area (Å²) in [6.45, 7) is -3.37. The maximum absolute atomic E-state index is 12.1. The lowest BCUT2D eigenvalue weighted by Crippen LogP contribution is -2.38. The van der Waals surface area contributed by atoms with Crippen LogP contribution in [0.4, 0.5) is 5.69 Å². The molecule has 13 N–H and O–H groups in total. The predicted octanol–water partition coefficient (Wildman–Crippen LogP) is -1.90.